The molecule has 3 nitrogen and oxygen atoms in total. The van der Waals surface area contributed by atoms with Crippen molar-refractivity contribution in [3.05, 3.63) is 33.5 Å². The van der Waals surface area contributed by atoms with Gasteiger partial charge >= 0.3 is 0 Å². The Morgan fingerprint density at radius 1 is 1.44 bits per heavy atom. The summed E-state index contributed by atoms with van der Waals surface area (Å²) in [6, 6.07) is 8.15. The second-order valence-corrected chi connectivity index (χ2v) is 4.85. The van der Waals surface area contributed by atoms with Crippen molar-refractivity contribution in [3.8, 4) is 0 Å². The minimum absolute atomic E-state index is 0.951. The molecule has 0 atom stereocenters. The minimum Gasteiger partial charge on any atom is -0.323 e. The van der Waals surface area contributed by atoms with E-state index in [1.807, 2.05) is 18.2 Å². The van der Waals surface area contributed by atoms with Gasteiger partial charge in [0.25, 0.3) is 0 Å². The van der Waals surface area contributed by atoms with Gasteiger partial charge in [0, 0.05) is 14.7 Å². The Morgan fingerprint density at radius 2 is 2.25 bits per heavy atom. The summed E-state index contributed by atoms with van der Waals surface area (Å²) in [5.41, 5.74) is 5.82. The van der Waals surface area contributed by atoms with Crippen molar-refractivity contribution < 1.29 is 0 Å². The molecule has 2 rings (SSSR count). The Kier molecular flexibility index (Phi) is 3.60. The topological polar surface area (TPSA) is 50.9 Å². The smallest absolute Gasteiger partial charge is 0.0859 e. The first-order chi connectivity index (χ1) is 7.76. The third-order valence-corrected chi connectivity index (χ3v) is 3.38. The molecule has 84 valence electrons. The zero-order valence-corrected chi connectivity index (χ0v) is 11.3. The van der Waals surface area contributed by atoms with Gasteiger partial charge in [-0.05, 0) is 41.1 Å². The van der Waals surface area contributed by atoms with Crippen LogP contribution < -0.4 is 11.3 Å². The number of aryl methyl sites for hydroxylation is 1. The number of anilines is 1. The molecule has 16 heavy (non-hydrogen) atoms. The number of hydrazine groups is 1. The Balaban J connectivity index is 2.69. The van der Waals surface area contributed by atoms with Gasteiger partial charge in [0.2, 0.25) is 0 Å². The number of para-hydroxylation sites is 1. The number of pyridine rings is 1. The average molecular weight is 327 g/mol. The summed E-state index contributed by atoms with van der Waals surface area (Å²) in [7, 11) is 0. The molecule has 0 unspecified atom stereocenters. The maximum atomic E-state index is 5.55. The van der Waals surface area contributed by atoms with Gasteiger partial charge in [-0.15, -0.1) is 0 Å². The van der Waals surface area contributed by atoms with Crippen molar-refractivity contribution in [2.24, 2.45) is 5.84 Å². The molecule has 0 aliphatic rings. The molecule has 2 aromatic rings. The van der Waals surface area contributed by atoms with Gasteiger partial charge in [-0.1, -0.05) is 25.5 Å². The van der Waals surface area contributed by atoms with Crippen molar-refractivity contribution in [2.75, 3.05) is 5.43 Å². The molecule has 0 amide bonds. The van der Waals surface area contributed by atoms with Crippen LogP contribution in [0.5, 0.6) is 0 Å². The summed E-state index contributed by atoms with van der Waals surface area (Å²) in [5.74, 6) is 5.55. The van der Waals surface area contributed by atoms with Crippen LogP contribution >= 0.6 is 22.6 Å². The molecule has 0 saturated carbocycles. The van der Waals surface area contributed by atoms with E-state index >= 15 is 0 Å². The molecule has 0 radical (unpaired) electrons. The molecule has 0 aliphatic heterocycles. The van der Waals surface area contributed by atoms with Crippen LogP contribution in [-0.4, -0.2) is 4.98 Å². The summed E-state index contributed by atoms with van der Waals surface area (Å²) < 4.78 is 1.16. The van der Waals surface area contributed by atoms with Crippen molar-refractivity contribution >= 4 is 39.2 Å². The molecule has 4 heteroatoms. The number of nitrogens with one attached hydrogen (secondary N) is 1. The minimum atomic E-state index is 0.951. The van der Waals surface area contributed by atoms with E-state index in [0.717, 1.165) is 38.7 Å². The van der Waals surface area contributed by atoms with Crippen LogP contribution in [-0.2, 0) is 6.42 Å². The van der Waals surface area contributed by atoms with E-state index < -0.39 is 0 Å². The van der Waals surface area contributed by atoms with E-state index in [2.05, 4.69) is 46.0 Å². The maximum Gasteiger partial charge on any atom is 0.0859 e. The molecular weight excluding hydrogens is 313 g/mol. The quantitative estimate of drug-likeness (QED) is 0.517. The summed E-state index contributed by atoms with van der Waals surface area (Å²) in [5, 5.41) is 1.08. The zero-order chi connectivity index (χ0) is 11.5. The standard InChI is InChI=1S/C12H14IN3/c1-2-4-8-7-11(16-14)9-5-3-6-10(13)12(9)15-8/h3,5-7H,2,4,14H2,1H3,(H,15,16). The van der Waals surface area contributed by atoms with E-state index in [4.69, 9.17) is 5.84 Å². The molecule has 1 aromatic carbocycles. The van der Waals surface area contributed by atoms with Crippen LogP contribution in [0.15, 0.2) is 24.3 Å². The van der Waals surface area contributed by atoms with Crippen LogP contribution in [0.25, 0.3) is 10.9 Å². The van der Waals surface area contributed by atoms with E-state index in [1.165, 1.54) is 0 Å². The van der Waals surface area contributed by atoms with Crippen LogP contribution in [0.4, 0.5) is 5.69 Å². The van der Waals surface area contributed by atoms with Gasteiger partial charge in [0.05, 0.1) is 11.2 Å². The Bertz CT molecular complexity index is 511. The number of nitrogen functional groups attached to an aromatic ring is 1. The predicted octanol–water partition coefficient (Wildman–Crippen LogP) is 3.08. The van der Waals surface area contributed by atoms with Crippen LogP contribution in [0.2, 0.25) is 0 Å². The second-order valence-electron chi connectivity index (χ2n) is 3.69. The van der Waals surface area contributed by atoms with E-state index in [-0.39, 0.29) is 0 Å². The van der Waals surface area contributed by atoms with E-state index in [9.17, 15) is 0 Å². The lowest BCUT2D eigenvalue weighted by Gasteiger charge is -2.09. The summed E-state index contributed by atoms with van der Waals surface area (Å²) in [6.07, 6.45) is 2.07. The Labute approximate surface area is 109 Å². The van der Waals surface area contributed by atoms with Gasteiger partial charge in [0.15, 0.2) is 0 Å². The third kappa shape index (κ3) is 2.12. The number of nitrogens with zero attached hydrogens (tertiary/aromatic N) is 1. The summed E-state index contributed by atoms with van der Waals surface area (Å²) in [6.45, 7) is 2.15. The molecule has 0 fully saturated rings. The summed E-state index contributed by atoms with van der Waals surface area (Å²) in [4.78, 5) is 4.67. The molecule has 0 saturated heterocycles. The number of hydrogen-bond acceptors (Lipinski definition) is 3. The molecule has 1 heterocycles. The monoisotopic (exact) mass is 327 g/mol. The third-order valence-electron chi connectivity index (χ3n) is 2.50. The molecular formula is C12H14IN3. The summed E-state index contributed by atoms with van der Waals surface area (Å²) >= 11 is 2.31. The number of fused-ring (bicyclic) bond motifs is 1. The lowest BCUT2D eigenvalue weighted by molar-refractivity contribution is 0.889. The first kappa shape index (κ1) is 11.6. The van der Waals surface area contributed by atoms with Gasteiger partial charge in [-0.3, -0.25) is 10.8 Å². The number of rotatable bonds is 3. The molecule has 3 N–H and O–H groups in total. The van der Waals surface area contributed by atoms with Crippen LogP contribution in [0, 0.1) is 3.57 Å². The van der Waals surface area contributed by atoms with Gasteiger partial charge in [-0.2, -0.15) is 0 Å². The van der Waals surface area contributed by atoms with Crippen molar-refractivity contribution in [1.29, 1.82) is 0 Å². The lowest BCUT2D eigenvalue weighted by atomic mass is 10.1. The second kappa shape index (κ2) is 4.97. The fourth-order valence-corrected chi connectivity index (χ4v) is 2.39. The van der Waals surface area contributed by atoms with Gasteiger partial charge in [0.1, 0.15) is 0 Å². The highest BCUT2D eigenvalue weighted by Crippen LogP contribution is 2.26. The number of benzene rings is 1. The van der Waals surface area contributed by atoms with Gasteiger partial charge < -0.3 is 5.43 Å². The van der Waals surface area contributed by atoms with Gasteiger partial charge in [-0.25, -0.2) is 0 Å². The highest BCUT2D eigenvalue weighted by Gasteiger charge is 2.06. The van der Waals surface area contributed by atoms with Crippen molar-refractivity contribution in [3.63, 3.8) is 0 Å². The normalized spacial score (nSPS) is 10.7. The maximum absolute atomic E-state index is 5.55. The highest BCUT2D eigenvalue weighted by molar-refractivity contribution is 14.1. The molecule has 0 aliphatic carbocycles. The number of halogens is 1. The largest absolute Gasteiger partial charge is 0.323 e. The highest BCUT2D eigenvalue weighted by atomic mass is 127. The van der Waals surface area contributed by atoms with Crippen LogP contribution in [0.1, 0.15) is 19.0 Å². The fourth-order valence-electron chi connectivity index (χ4n) is 1.77. The Morgan fingerprint density at radius 3 is 2.94 bits per heavy atom. The number of hydrogen-bond donors (Lipinski definition) is 2. The first-order valence-electron chi connectivity index (χ1n) is 5.31. The number of nitrogens with two attached hydrogens (primary N) is 1. The van der Waals surface area contributed by atoms with Crippen molar-refractivity contribution in [1.82, 2.24) is 4.98 Å². The zero-order valence-electron chi connectivity index (χ0n) is 9.13. The molecule has 0 spiro atoms. The SMILES string of the molecule is CCCc1cc(NN)c2cccc(I)c2n1. The van der Waals surface area contributed by atoms with E-state index in [1.54, 1.807) is 0 Å². The Hall–Kier alpha value is -0.880. The lowest BCUT2D eigenvalue weighted by Crippen LogP contribution is -2.08. The first-order valence-corrected chi connectivity index (χ1v) is 6.39. The number of aromatic nitrogens is 1. The molecule has 1 aromatic heterocycles. The fraction of sp³-hybridized carbons (Fsp3) is 0.250. The van der Waals surface area contributed by atoms with Crippen molar-refractivity contribution in [2.45, 2.75) is 19.8 Å². The van der Waals surface area contributed by atoms with Crippen LogP contribution in [0.3, 0.4) is 0 Å². The molecule has 0 bridgehead atoms. The van der Waals surface area contributed by atoms with E-state index in [0.29, 0.717) is 0 Å². The predicted molar refractivity (Wildman–Crippen MR) is 76.3 cm³/mol. The average Bonchev–Trinajstić information content (AvgIpc) is 2.30.